The first-order valence-electron chi connectivity index (χ1n) is 10.3. The summed E-state index contributed by atoms with van der Waals surface area (Å²) >= 11 is 0. The predicted molar refractivity (Wildman–Crippen MR) is 119 cm³/mol. The maximum absolute atomic E-state index is 12.7. The van der Waals surface area contributed by atoms with Crippen LogP contribution in [0.4, 0.5) is 11.5 Å². The van der Waals surface area contributed by atoms with Gasteiger partial charge in [-0.15, -0.1) is 0 Å². The topological polar surface area (TPSA) is 79.5 Å². The molecule has 0 radical (unpaired) electrons. The number of carbonyl (C=O) groups is 1. The van der Waals surface area contributed by atoms with Crippen molar-refractivity contribution >= 4 is 28.2 Å². The zero-order valence-corrected chi connectivity index (χ0v) is 17.5. The summed E-state index contributed by atoms with van der Waals surface area (Å²) in [5.41, 5.74) is 1.86. The fourth-order valence-electron chi connectivity index (χ4n) is 4.26. The number of H-pyrrole nitrogens is 1. The van der Waals surface area contributed by atoms with Crippen molar-refractivity contribution in [3.05, 3.63) is 42.7 Å². The Morgan fingerprint density at radius 2 is 2.17 bits per heavy atom. The summed E-state index contributed by atoms with van der Waals surface area (Å²) in [6.07, 6.45) is 6.47. The minimum atomic E-state index is 0.194. The van der Waals surface area contributed by atoms with Crippen LogP contribution in [0.25, 0.3) is 10.9 Å². The van der Waals surface area contributed by atoms with E-state index in [2.05, 4.69) is 26.3 Å². The molecule has 3 aromatic rings. The van der Waals surface area contributed by atoms with Gasteiger partial charge in [0.1, 0.15) is 5.82 Å². The highest BCUT2D eigenvalue weighted by atomic mass is 16.5. The molecule has 1 saturated heterocycles. The number of aromatic amines is 1. The second-order valence-corrected chi connectivity index (χ2v) is 7.67. The number of benzene rings is 1. The number of carbonyl (C=O) groups excluding carboxylic acids is 1. The van der Waals surface area contributed by atoms with Crippen LogP contribution in [0.2, 0.25) is 0 Å². The quantitative estimate of drug-likeness (QED) is 0.589. The highest BCUT2D eigenvalue weighted by molar-refractivity contribution is 5.90. The first kappa shape index (κ1) is 20.1. The molecule has 1 aromatic carbocycles. The Labute approximate surface area is 176 Å². The number of para-hydroxylation sites is 1. The van der Waals surface area contributed by atoms with Gasteiger partial charge in [-0.1, -0.05) is 6.07 Å². The highest BCUT2D eigenvalue weighted by Crippen LogP contribution is 2.34. The van der Waals surface area contributed by atoms with Gasteiger partial charge in [0.25, 0.3) is 0 Å². The molecule has 0 aliphatic carbocycles. The van der Waals surface area contributed by atoms with Gasteiger partial charge in [0.15, 0.2) is 17.3 Å². The molecule has 0 amide bonds. The minimum Gasteiger partial charge on any atom is -0.493 e. The summed E-state index contributed by atoms with van der Waals surface area (Å²) in [7, 11) is 3.20. The summed E-state index contributed by atoms with van der Waals surface area (Å²) in [6.45, 7) is 2.10. The zero-order valence-electron chi connectivity index (χ0n) is 17.5. The monoisotopic (exact) mass is 408 g/mol. The number of methoxy groups -OCH3 is 2. The first-order chi connectivity index (χ1) is 14.7. The molecule has 1 atom stereocenters. The van der Waals surface area contributed by atoms with E-state index in [0.717, 1.165) is 48.3 Å². The van der Waals surface area contributed by atoms with E-state index in [-0.39, 0.29) is 12.3 Å². The lowest BCUT2D eigenvalue weighted by molar-refractivity contribution is -0.118. The van der Waals surface area contributed by atoms with Crippen LogP contribution >= 0.6 is 0 Å². The number of rotatable bonds is 8. The van der Waals surface area contributed by atoms with Gasteiger partial charge in [-0.2, -0.15) is 0 Å². The second-order valence-electron chi connectivity index (χ2n) is 7.67. The molecule has 158 valence electrons. The Kier molecular flexibility index (Phi) is 6.07. The van der Waals surface area contributed by atoms with Gasteiger partial charge >= 0.3 is 0 Å². The number of fused-ring (bicyclic) bond motifs is 1. The van der Waals surface area contributed by atoms with E-state index in [1.807, 2.05) is 36.7 Å². The largest absolute Gasteiger partial charge is 0.493 e. The zero-order chi connectivity index (χ0) is 20.9. The summed E-state index contributed by atoms with van der Waals surface area (Å²) < 4.78 is 10.7. The Morgan fingerprint density at radius 3 is 3.00 bits per heavy atom. The van der Waals surface area contributed by atoms with Crippen molar-refractivity contribution in [3.63, 3.8) is 0 Å². The molecule has 4 rings (SSSR count). The van der Waals surface area contributed by atoms with Gasteiger partial charge in [-0.3, -0.25) is 4.79 Å². The van der Waals surface area contributed by atoms with E-state index < -0.39 is 0 Å². The molecule has 0 bridgehead atoms. The first-order valence-corrected chi connectivity index (χ1v) is 10.3. The number of nitrogens with one attached hydrogen (secondary N) is 2. The Morgan fingerprint density at radius 1 is 1.27 bits per heavy atom. The van der Waals surface area contributed by atoms with Gasteiger partial charge in [-0.05, 0) is 43.0 Å². The Balaban J connectivity index is 1.37. The number of hydrogen-bond donors (Lipinski definition) is 2. The van der Waals surface area contributed by atoms with Crippen LogP contribution in [0.3, 0.4) is 0 Å². The third-order valence-corrected chi connectivity index (χ3v) is 5.67. The van der Waals surface area contributed by atoms with E-state index in [4.69, 9.17) is 9.47 Å². The lowest BCUT2D eigenvalue weighted by Crippen LogP contribution is -2.37. The van der Waals surface area contributed by atoms with Crippen LogP contribution in [0.15, 0.2) is 42.7 Å². The molecule has 30 heavy (non-hydrogen) atoms. The van der Waals surface area contributed by atoms with Crippen LogP contribution in [-0.4, -0.2) is 49.6 Å². The summed E-state index contributed by atoms with van der Waals surface area (Å²) in [5, 5.41) is 4.34. The van der Waals surface area contributed by atoms with Crippen molar-refractivity contribution in [1.29, 1.82) is 0 Å². The van der Waals surface area contributed by atoms with Gasteiger partial charge < -0.3 is 24.7 Å². The summed E-state index contributed by atoms with van der Waals surface area (Å²) in [5.74, 6) is 2.78. The third-order valence-electron chi connectivity index (χ3n) is 5.67. The average Bonchev–Trinajstić information content (AvgIpc) is 3.26. The third kappa shape index (κ3) is 4.20. The van der Waals surface area contributed by atoms with E-state index in [9.17, 15) is 4.79 Å². The minimum absolute atomic E-state index is 0.194. The summed E-state index contributed by atoms with van der Waals surface area (Å²) in [4.78, 5) is 22.8. The summed E-state index contributed by atoms with van der Waals surface area (Å²) in [6, 6.07) is 9.66. The number of ether oxygens (including phenoxy) is 2. The predicted octanol–water partition coefficient (Wildman–Crippen LogP) is 3.87. The number of aromatic nitrogens is 2. The molecule has 1 unspecified atom stereocenters. The van der Waals surface area contributed by atoms with Gasteiger partial charge in [0, 0.05) is 37.3 Å². The molecule has 7 nitrogen and oxygen atoms in total. The average molecular weight is 409 g/mol. The van der Waals surface area contributed by atoms with Crippen LogP contribution in [0.5, 0.6) is 11.5 Å². The molecule has 2 aromatic heterocycles. The van der Waals surface area contributed by atoms with Gasteiger partial charge in [-0.25, -0.2) is 4.98 Å². The molecule has 1 aliphatic heterocycles. The maximum atomic E-state index is 12.7. The molecule has 1 aliphatic rings. The highest BCUT2D eigenvalue weighted by Gasteiger charge is 2.24. The SMILES string of the molecule is COc1cccc(NCC(=O)CC2CCCN(c3nccc4[nH]ccc34)C2)c1OC. The van der Waals surface area contributed by atoms with E-state index >= 15 is 0 Å². The van der Waals surface area contributed by atoms with Crippen molar-refractivity contribution < 1.29 is 14.3 Å². The lowest BCUT2D eigenvalue weighted by atomic mass is 9.92. The Hall–Kier alpha value is -3.22. The lowest BCUT2D eigenvalue weighted by Gasteiger charge is -2.33. The number of Topliss-reactive ketones (excluding diaryl/α,β-unsaturated/α-hetero) is 1. The second kappa shape index (κ2) is 9.07. The molecule has 3 heterocycles. The van der Waals surface area contributed by atoms with Crippen LogP contribution in [0, 0.1) is 5.92 Å². The number of nitrogens with zero attached hydrogens (tertiary/aromatic N) is 2. The molecule has 1 fully saturated rings. The van der Waals surface area contributed by atoms with Crippen LogP contribution in [-0.2, 0) is 4.79 Å². The number of pyridine rings is 1. The maximum Gasteiger partial charge on any atom is 0.183 e. The fraction of sp³-hybridized carbons (Fsp3) is 0.391. The van der Waals surface area contributed by atoms with Crippen LogP contribution in [0.1, 0.15) is 19.3 Å². The number of hydrogen-bond acceptors (Lipinski definition) is 6. The van der Waals surface area contributed by atoms with Gasteiger partial charge in [0.2, 0.25) is 0 Å². The molecule has 7 heteroatoms. The smallest absolute Gasteiger partial charge is 0.183 e. The van der Waals surface area contributed by atoms with Crippen LogP contribution < -0.4 is 19.7 Å². The normalized spacial score (nSPS) is 16.5. The molecule has 2 N–H and O–H groups in total. The van der Waals surface area contributed by atoms with Gasteiger partial charge in [0.05, 0.1) is 32.0 Å². The fourth-order valence-corrected chi connectivity index (χ4v) is 4.26. The standard InChI is InChI=1S/C23H28N4O3/c1-29-21-7-3-6-20(22(21)30-2)26-14-17(28)13-16-5-4-12-27(15-16)23-18-8-10-24-19(18)9-11-25-23/h3,6-11,16,24,26H,4-5,12-15H2,1-2H3. The number of anilines is 2. The molecular formula is C23H28N4O3. The van der Waals surface area contributed by atoms with Crippen molar-refractivity contribution in [2.45, 2.75) is 19.3 Å². The van der Waals surface area contributed by atoms with Crippen molar-refractivity contribution in [1.82, 2.24) is 9.97 Å². The molecular weight excluding hydrogens is 380 g/mol. The Bertz CT molecular complexity index is 1020. The van der Waals surface area contributed by atoms with E-state index in [1.165, 1.54) is 0 Å². The molecule has 0 saturated carbocycles. The number of ketones is 1. The van der Waals surface area contributed by atoms with Crippen molar-refractivity contribution in [2.75, 3.05) is 44.1 Å². The van der Waals surface area contributed by atoms with Crippen molar-refractivity contribution in [3.8, 4) is 11.5 Å². The number of piperidine rings is 1. The van der Waals surface area contributed by atoms with E-state index in [1.54, 1.807) is 14.2 Å². The van der Waals surface area contributed by atoms with Crippen molar-refractivity contribution in [2.24, 2.45) is 5.92 Å². The molecule has 0 spiro atoms. The van der Waals surface area contributed by atoms with E-state index in [0.29, 0.717) is 23.8 Å².